The smallest absolute Gasteiger partial charge is 0.277 e. The SMILES string of the molecule is Cc1ccccc1-c1nnc(SC(C)C(=O)C23CC4CC(CC(C4)C2)C3)o1. The number of carbonyl (C=O) groups is 1. The summed E-state index contributed by atoms with van der Waals surface area (Å²) >= 11 is 1.43. The molecular formula is C22H26N2O2S. The number of aromatic nitrogens is 2. The molecule has 4 aliphatic carbocycles. The molecular weight excluding hydrogens is 356 g/mol. The van der Waals surface area contributed by atoms with E-state index in [0.29, 0.717) is 16.9 Å². The number of aryl methyl sites for hydroxylation is 1. The molecule has 6 rings (SSSR count). The lowest BCUT2D eigenvalue weighted by atomic mass is 9.48. The molecule has 4 nitrogen and oxygen atoms in total. The molecule has 0 N–H and O–H groups in total. The van der Waals surface area contributed by atoms with Crippen molar-refractivity contribution in [1.82, 2.24) is 10.2 Å². The molecule has 0 aliphatic heterocycles. The highest BCUT2D eigenvalue weighted by molar-refractivity contribution is 8.00. The van der Waals surface area contributed by atoms with E-state index in [-0.39, 0.29) is 10.7 Å². The minimum atomic E-state index is -0.133. The fraction of sp³-hybridized carbons (Fsp3) is 0.591. The summed E-state index contributed by atoms with van der Waals surface area (Å²) in [4.78, 5) is 13.4. The number of hydrogen-bond donors (Lipinski definition) is 0. The first kappa shape index (κ1) is 17.5. The first-order chi connectivity index (χ1) is 13.0. The molecule has 2 aromatic rings. The normalized spacial score (nSPS) is 32.6. The minimum Gasteiger partial charge on any atom is -0.411 e. The molecule has 1 aromatic heterocycles. The van der Waals surface area contributed by atoms with Crippen LogP contribution in [0.25, 0.3) is 11.5 Å². The van der Waals surface area contributed by atoms with Gasteiger partial charge in [0.1, 0.15) is 0 Å². The van der Waals surface area contributed by atoms with Crippen molar-refractivity contribution in [2.75, 3.05) is 0 Å². The van der Waals surface area contributed by atoms with Crippen molar-refractivity contribution in [3.05, 3.63) is 29.8 Å². The fourth-order valence-electron chi connectivity index (χ4n) is 6.23. The Morgan fingerprint density at radius 2 is 1.74 bits per heavy atom. The zero-order valence-electron chi connectivity index (χ0n) is 16.0. The van der Waals surface area contributed by atoms with Crippen LogP contribution < -0.4 is 0 Å². The zero-order chi connectivity index (χ0) is 18.6. The predicted octanol–water partition coefficient (Wildman–Crippen LogP) is 5.31. The number of carbonyl (C=O) groups excluding carboxylic acids is 1. The second kappa shape index (κ2) is 6.47. The topological polar surface area (TPSA) is 56.0 Å². The Hall–Kier alpha value is -1.62. The van der Waals surface area contributed by atoms with Gasteiger partial charge in [0, 0.05) is 11.0 Å². The third kappa shape index (κ3) is 3.04. The van der Waals surface area contributed by atoms with E-state index >= 15 is 0 Å². The second-order valence-corrected chi connectivity index (χ2v) is 10.3. The molecule has 0 saturated heterocycles. The van der Waals surface area contributed by atoms with Gasteiger partial charge in [0.25, 0.3) is 5.22 Å². The molecule has 0 amide bonds. The van der Waals surface area contributed by atoms with Crippen LogP contribution >= 0.6 is 11.8 Å². The molecule has 1 unspecified atom stereocenters. The quantitative estimate of drug-likeness (QED) is 0.656. The molecule has 4 saturated carbocycles. The van der Waals surface area contributed by atoms with Gasteiger partial charge >= 0.3 is 0 Å². The largest absolute Gasteiger partial charge is 0.411 e. The molecule has 4 fully saturated rings. The van der Waals surface area contributed by atoms with Gasteiger partial charge in [-0.3, -0.25) is 4.79 Å². The Morgan fingerprint density at radius 1 is 1.11 bits per heavy atom. The molecule has 4 bridgehead atoms. The van der Waals surface area contributed by atoms with Crippen LogP contribution in [-0.2, 0) is 4.79 Å². The summed E-state index contributed by atoms with van der Waals surface area (Å²) < 4.78 is 5.88. The van der Waals surface area contributed by atoms with Crippen molar-refractivity contribution < 1.29 is 9.21 Å². The van der Waals surface area contributed by atoms with E-state index in [0.717, 1.165) is 48.1 Å². The van der Waals surface area contributed by atoms with Gasteiger partial charge in [0.05, 0.1) is 5.25 Å². The van der Waals surface area contributed by atoms with Crippen LogP contribution in [0.4, 0.5) is 0 Å². The van der Waals surface area contributed by atoms with Gasteiger partial charge in [0.2, 0.25) is 5.89 Å². The van der Waals surface area contributed by atoms with Crippen molar-refractivity contribution in [1.29, 1.82) is 0 Å². The van der Waals surface area contributed by atoms with Gasteiger partial charge < -0.3 is 4.42 Å². The fourth-order valence-corrected chi connectivity index (χ4v) is 7.10. The first-order valence-electron chi connectivity index (χ1n) is 10.1. The lowest BCUT2D eigenvalue weighted by molar-refractivity contribution is -0.143. The van der Waals surface area contributed by atoms with Crippen LogP contribution in [0.5, 0.6) is 0 Å². The van der Waals surface area contributed by atoms with E-state index in [9.17, 15) is 4.79 Å². The monoisotopic (exact) mass is 382 g/mol. The maximum absolute atomic E-state index is 13.4. The molecule has 1 heterocycles. The van der Waals surface area contributed by atoms with Crippen molar-refractivity contribution in [3.63, 3.8) is 0 Å². The average molecular weight is 383 g/mol. The minimum absolute atomic E-state index is 0.0694. The zero-order valence-corrected chi connectivity index (χ0v) is 16.8. The number of rotatable bonds is 5. The number of nitrogens with zero attached hydrogens (tertiary/aromatic N) is 2. The highest BCUT2D eigenvalue weighted by Crippen LogP contribution is 2.61. The van der Waals surface area contributed by atoms with Gasteiger partial charge in [-0.05, 0) is 81.8 Å². The lowest BCUT2D eigenvalue weighted by Gasteiger charge is -2.56. The summed E-state index contributed by atoms with van der Waals surface area (Å²) in [5.41, 5.74) is 1.99. The summed E-state index contributed by atoms with van der Waals surface area (Å²) in [6.07, 6.45) is 7.41. The Balaban J connectivity index is 1.32. The maximum atomic E-state index is 13.4. The first-order valence-corrected chi connectivity index (χ1v) is 11.0. The van der Waals surface area contributed by atoms with Crippen LogP contribution in [0.2, 0.25) is 0 Å². The Bertz CT molecular complexity index is 839. The van der Waals surface area contributed by atoms with Crippen molar-refractivity contribution >= 4 is 17.5 Å². The molecule has 5 heteroatoms. The molecule has 0 spiro atoms. The number of ketones is 1. The van der Waals surface area contributed by atoms with Crippen LogP contribution in [0, 0.1) is 30.1 Å². The van der Waals surface area contributed by atoms with E-state index in [1.54, 1.807) is 0 Å². The number of benzene rings is 1. The van der Waals surface area contributed by atoms with Crippen LogP contribution in [0.3, 0.4) is 0 Å². The van der Waals surface area contributed by atoms with Crippen LogP contribution in [0.15, 0.2) is 33.9 Å². The van der Waals surface area contributed by atoms with Gasteiger partial charge in [0.15, 0.2) is 5.78 Å². The van der Waals surface area contributed by atoms with Gasteiger partial charge in [-0.25, -0.2) is 0 Å². The Morgan fingerprint density at radius 3 is 2.37 bits per heavy atom. The average Bonchev–Trinajstić information content (AvgIpc) is 3.08. The summed E-state index contributed by atoms with van der Waals surface area (Å²) in [5, 5.41) is 8.77. The molecule has 142 valence electrons. The molecule has 0 radical (unpaired) electrons. The predicted molar refractivity (Wildman–Crippen MR) is 105 cm³/mol. The number of Topliss-reactive ketones (excluding diaryl/α,β-unsaturated/α-hetero) is 1. The highest BCUT2D eigenvalue weighted by Gasteiger charge is 2.55. The van der Waals surface area contributed by atoms with Gasteiger partial charge in [-0.2, -0.15) is 0 Å². The van der Waals surface area contributed by atoms with E-state index in [1.807, 2.05) is 38.1 Å². The number of thioether (sulfide) groups is 1. The van der Waals surface area contributed by atoms with Crippen molar-refractivity contribution in [3.8, 4) is 11.5 Å². The highest BCUT2D eigenvalue weighted by atomic mass is 32.2. The molecule has 4 aliphatic rings. The second-order valence-electron chi connectivity index (χ2n) is 9.01. The molecule has 1 aromatic carbocycles. The van der Waals surface area contributed by atoms with Crippen molar-refractivity contribution in [2.24, 2.45) is 23.2 Å². The standard InChI is InChI=1S/C22H26N2O2S/c1-13-5-3-4-6-18(13)20-23-24-21(26-20)27-14(2)19(25)22-10-15-7-16(11-22)9-17(8-15)12-22/h3-6,14-17H,7-12H2,1-2H3. The van der Waals surface area contributed by atoms with Crippen LogP contribution in [0.1, 0.15) is 51.0 Å². The van der Waals surface area contributed by atoms with E-state index in [2.05, 4.69) is 10.2 Å². The third-order valence-corrected chi connectivity index (χ3v) is 7.92. The van der Waals surface area contributed by atoms with E-state index < -0.39 is 0 Å². The summed E-state index contributed by atoms with van der Waals surface area (Å²) in [5.74, 6) is 3.31. The maximum Gasteiger partial charge on any atom is 0.277 e. The van der Waals surface area contributed by atoms with Crippen molar-refractivity contribution in [2.45, 2.75) is 62.8 Å². The van der Waals surface area contributed by atoms with Gasteiger partial charge in [-0.15, -0.1) is 10.2 Å². The Labute approximate surface area is 164 Å². The summed E-state index contributed by atoms with van der Waals surface area (Å²) in [6, 6.07) is 7.99. The lowest BCUT2D eigenvalue weighted by Crippen LogP contribution is -2.51. The molecule has 1 atom stereocenters. The van der Waals surface area contributed by atoms with E-state index in [1.165, 1.54) is 31.0 Å². The Kier molecular flexibility index (Phi) is 4.19. The summed E-state index contributed by atoms with van der Waals surface area (Å²) in [6.45, 7) is 4.05. The summed E-state index contributed by atoms with van der Waals surface area (Å²) in [7, 11) is 0. The van der Waals surface area contributed by atoms with Gasteiger partial charge in [-0.1, -0.05) is 30.0 Å². The third-order valence-electron chi connectivity index (χ3n) is 6.99. The number of hydrogen-bond acceptors (Lipinski definition) is 5. The van der Waals surface area contributed by atoms with E-state index in [4.69, 9.17) is 4.42 Å². The van der Waals surface area contributed by atoms with Crippen LogP contribution in [-0.4, -0.2) is 21.2 Å². The molecule has 27 heavy (non-hydrogen) atoms.